The maximum absolute atomic E-state index is 14.0. The van der Waals surface area contributed by atoms with Gasteiger partial charge in [-0.1, -0.05) is 29.2 Å². The number of carbonyl (C=O) groups is 3. The number of imide groups is 1. The summed E-state index contributed by atoms with van der Waals surface area (Å²) in [6.07, 6.45) is 0. The number of hydrogen-bond donors (Lipinski definition) is 2. The number of nitrogens with zero attached hydrogens (tertiary/aromatic N) is 2. The first-order valence-corrected chi connectivity index (χ1v) is 15.7. The van der Waals surface area contributed by atoms with E-state index in [0.717, 1.165) is 28.0 Å². The molecule has 2 N–H and O–H groups in total. The number of H-pyrrole nitrogens is 1. The molecule has 2 aliphatic rings. The fourth-order valence-electron chi connectivity index (χ4n) is 5.47. The quantitative estimate of drug-likeness (QED) is 0.139. The maximum Gasteiger partial charge on any atom is 0.305 e. The summed E-state index contributed by atoms with van der Waals surface area (Å²) >= 11 is 2.09. The van der Waals surface area contributed by atoms with Crippen molar-refractivity contribution < 1.29 is 33.5 Å². The molecule has 236 valence electrons. The fourth-order valence-corrected chi connectivity index (χ4v) is 7.99. The van der Waals surface area contributed by atoms with E-state index in [2.05, 4.69) is 10.3 Å². The molecule has 0 spiro atoms. The number of nitrogens with one attached hydrogen (secondary N) is 2. The second-order valence-electron chi connectivity index (χ2n) is 10.2. The number of benzene rings is 3. The number of aromatic nitrogens is 1. The number of nitro benzene ring substituents is 1. The number of thioether (sulfide) groups is 1. The number of rotatable bonds is 10. The molecule has 15 heteroatoms. The van der Waals surface area contributed by atoms with Gasteiger partial charge in [0.2, 0.25) is 11.8 Å². The second-order valence-corrected chi connectivity index (χ2v) is 12.4. The molecule has 0 saturated carbocycles. The Bertz CT molecular complexity index is 1890. The Balaban J connectivity index is 1.29. The predicted molar refractivity (Wildman–Crippen MR) is 170 cm³/mol. The molecule has 3 aromatic carbocycles. The van der Waals surface area contributed by atoms with Crippen LogP contribution in [-0.2, 0) is 14.4 Å². The van der Waals surface area contributed by atoms with Crippen LogP contribution in [0.5, 0.6) is 17.2 Å². The minimum absolute atomic E-state index is 0.170. The van der Waals surface area contributed by atoms with E-state index in [1.807, 2.05) is 0 Å². The van der Waals surface area contributed by atoms with Gasteiger partial charge in [0.05, 0.1) is 35.3 Å². The van der Waals surface area contributed by atoms with Crippen LogP contribution in [0.2, 0.25) is 0 Å². The highest BCUT2D eigenvalue weighted by atomic mass is 32.2. The number of methoxy groups -OCH3 is 1. The molecule has 6 rings (SSSR count). The molecule has 0 unspecified atom stereocenters. The third kappa shape index (κ3) is 5.81. The number of thiazole rings is 1. The average Bonchev–Trinajstić information content (AvgIpc) is 3.54. The van der Waals surface area contributed by atoms with Gasteiger partial charge in [0, 0.05) is 28.6 Å². The molecule has 46 heavy (non-hydrogen) atoms. The number of fused-ring (bicyclic) bond motifs is 2. The van der Waals surface area contributed by atoms with Gasteiger partial charge in [-0.05, 0) is 61.0 Å². The van der Waals surface area contributed by atoms with Gasteiger partial charge < -0.3 is 24.5 Å². The molecular weight excluding hydrogens is 636 g/mol. The van der Waals surface area contributed by atoms with Crippen molar-refractivity contribution in [2.75, 3.05) is 30.5 Å². The minimum atomic E-state index is -0.872. The smallest absolute Gasteiger partial charge is 0.305 e. The number of aromatic amines is 1. The molecule has 0 radical (unpaired) electrons. The number of ether oxygens (including phenoxy) is 3. The molecule has 2 aliphatic heterocycles. The molecule has 1 aromatic heterocycles. The Kier molecular flexibility index (Phi) is 8.51. The lowest BCUT2D eigenvalue weighted by atomic mass is 9.83. The van der Waals surface area contributed by atoms with E-state index >= 15 is 0 Å². The Morgan fingerprint density at radius 3 is 2.41 bits per heavy atom. The largest absolute Gasteiger partial charge is 0.497 e. The molecule has 13 nitrogen and oxygen atoms in total. The number of anilines is 2. The van der Waals surface area contributed by atoms with Gasteiger partial charge in [-0.2, -0.15) is 0 Å². The fraction of sp³-hybridized carbons (Fsp3) is 0.226. The molecule has 0 bridgehead atoms. The van der Waals surface area contributed by atoms with Crippen LogP contribution in [0.4, 0.5) is 17.1 Å². The van der Waals surface area contributed by atoms with E-state index in [1.54, 1.807) is 56.5 Å². The summed E-state index contributed by atoms with van der Waals surface area (Å²) in [6, 6.07) is 17.1. The van der Waals surface area contributed by atoms with Crippen LogP contribution in [-0.4, -0.2) is 53.2 Å². The van der Waals surface area contributed by atoms with Gasteiger partial charge in [0.15, 0.2) is 18.1 Å². The topological polar surface area (TPSA) is 170 Å². The molecular formula is C31H26N4O9S2. The van der Waals surface area contributed by atoms with Gasteiger partial charge in [-0.25, -0.2) is 4.90 Å². The van der Waals surface area contributed by atoms with E-state index in [9.17, 15) is 29.3 Å². The van der Waals surface area contributed by atoms with Crippen molar-refractivity contribution in [3.05, 3.63) is 97.0 Å². The van der Waals surface area contributed by atoms with Crippen molar-refractivity contribution in [2.24, 2.45) is 5.92 Å². The molecule has 3 atom stereocenters. The summed E-state index contributed by atoms with van der Waals surface area (Å²) in [5.41, 5.74) is 1.23. The highest BCUT2D eigenvalue weighted by molar-refractivity contribution is 8.00. The lowest BCUT2D eigenvalue weighted by Crippen LogP contribution is -2.32. The van der Waals surface area contributed by atoms with Crippen LogP contribution in [0.25, 0.3) is 0 Å². The molecule has 4 aromatic rings. The van der Waals surface area contributed by atoms with Gasteiger partial charge in [-0.15, -0.1) is 0 Å². The Hall–Kier alpha value is -5.15. The predicted octanol–water partition coefficient (Wildman–Crippen LogP) is 4.57. The number of non-ortho nitro benzene ring substituents is 1. The highest BCUT2D eigenvalue weighted by Gasteiger charge is 2.56. The van der Waals surface area contributed by atoms with Crippen molar-refractivity contribution in [3.63, 3.8) is 0 Å². The highest BCUT2D eigenvalue weighted by Crippen LogP contribution is 2.53. The number of hydrogen-bond acceptors (Lipinski definition) is 11. The second kappa shape index (κ2) is 12.7. The van der Waals surface area contributed by atoms with Crippen LogP contribution >= 0.6 is 23.1 Å². The molecule has 0 aliphatic carbocycles. The number of nitro groups is 1. The van der Waals surface area contributed by atoms with E-state index in [1.165, 1.54) is 24.3 Å². The van der Waals surface area contributed by atoms with E-state index in [4.69, 9.17) is 14.2 Å². The van der Waals surface area contributed by atoms with Crippen LogP contribution in [0.15, 0.2) is 76.6 Å². The third-order valence-corrected chi connectivity index (χ3v) is 9.90. The SMILES string of the molecule is CCOc1cc([C@@H]2c3sc(=O)[nH]c3S[C@H]3C(=O)N(c4ccc([N+](=O)[O-])cc4)C(=O)[C@@H]23)ccc1OCC(=O)Nc1ccc(OC)cc1. The Morgan fingerprint density at radius 2 is 1.74 bits per heavy atom. The summed E-state index contributed by atoms with van der Waals surface area (Å²) < 4.78 is 16.8. The van der Waals surface area contributed by atoms with Crippen LogP contribution < -0.4 is 29.3 Å². The first-order chi connectivity index (χ1) is 22.2. The van der Waals surface area contributed by atoms with Crippen LogP contribution in [0.1, 0.15) is 23.3 Å². The van der Waals surface area contributed by atoms with Crippen molar-refractivity contribution >= 4 is 57.9 Å². The minimum Gasteiger partial charge on any atom is -0.497 e. The molecule has 3 heterocycles. The lowest BCUT2D eigenvalue weighted by molar-refractivity contribution is -0.384. The van der Waals surface area contributed by atoms with Crippen molar-refractivity contribution in [3.8, 4) is 17.2 Å². The maximum atomic E-state index is 14.0. The first-order valence-electron chi connectivity index (χ1n) is 14.0. The average molecular weight is 663 g/mol. The summed E-state index contributed by atoms with van der Waals surface area (Å²) in [5, 5.41) is 13.5. The standard InChI is InChI=1S/C31H26N4O9S2/c1-3-43-22-14-16(4-13-21(22)44-15-23(36)32-17-5-11-20(42-2)12-6-17)24-25-27(45-28-26(24)46-31(39)33-28)30(38)34(29(25)37)18-7-9-19(10-8-18)35(40)41/h4-14,24-25,27H,3,15H2,1-2H3,(H,32,36)(H,33,39)/t24-,25-,27+/m0/s1. The third-order valence-electron chi connectivity index (χ3n) is 7.50. The zero-order valence-corrected chi connectivity index (χ0v) is 26.0. The summed E-state index contributed by atoms with van der Waals surface area (Å²) in [5.74, 6) is -1.65. The van der Waals surface area contributed by atoms with Crippen LogP contribution in [0.3, 0.4) is 0 Å². The number of carbonyl (C=O) groups excluding carboxylic acids is 3. The van der Waals surface area contributed by atoms with Crippen LogP contribution in [0, 0.1) is 16.0 Å². The Labute approximate surface area is 269 Å². The van der Waals surface area contributed by atoms with Crippen molar-refractivity contribution in [1.82, 2.24) is 4.98 Å². The summed E-state index contributed by atoms with van der Waals surface area (Å²) in [6.45, 7) is 1.76. The van der Waals surface area contributed by atoms with Gasteiger partial charge in [-0.3, -0.25) is 29.3 Å². The van der Waals surface area contributed by atoms with E-state index in [0.29, 0.717) is 38.4 Å². The van der Waals surface area contributed by atoms with Crippen molar-refractivity contribution in [2.45, 2.75) is 23.1 Å². The zero-order valence-electron chi connectivity index (χ0n) is 24.4. The number of amides is 3. The lowest BCUT2D eigenvalue weighted by Gasteiger charge is -2.30. The zero-order chi connectivity index (χ0) is 32.5. The monoisotopic (exact) mass is 662 g/mol. The summed E-state index contributed by atoms with van der Waals surface area (Å²) in [4.78, 5) is 67.4. The molecule has 3 amide bonds. The van der Waals surface area contributed by atoms with Gasteiger partial charge in [0.1, 0.15) is 11.0 Å². The molecule has 1 fully saturated rings. The first kappa shape index (κ1) is 30.9. The Morgan fingerprint density at radius 1 is 1.00 bits per heavy atom. The van der Waals surface area contributed by atoms with Gasteiger partial charge >= 0.3 is 4.87 Å². The summed E-state index contributed by atoms with van der Waals surface area (Å²) in [7, 11) is 1.55. The van der Waals surface area contributed by atoms with E-state index < -0.39 is 39.7 Å². The molecule has 1 saturated heterocycles. The van der Waals surface area contributed by atoms with Gasteiger partial charge in [0.25, 0.3) is 11.6 Å². The van der Waals surface area contributed by atoms with Crippen molar-refractivity contribution in [1.29, 1.82) is 0 Å². The normalized spacial score (nSPS) is 18.5. The van der Waals surface area contributed by atoms with E-state index in [-0.39, 0.29) is 29.5 Å².